The fourth-order valence-corrected chi connectivity index (χ4v) is 1.41. The molecule has 0 atom stereocenters. The predicted molar refractivity (Wildman–Crippen MR) is 52.3 cm³/mol. The first kappa shape index (κ1) is 8.99. The minimum absolute atomic E-state index is 0.281. The SMILES string of the molecule is CCc1ccc(N2CCOC2=O)cn1. The molecule has 74 valence electrons. The lowest BCUT2D eigenvalue weighted by Crippen LogP contribution is -2.23. The van der Waals surface area contributed by atoms with E-state index in [1.165, 1.54) is 0 Å². The van der Waals surface area contributed by atoms with Gasteiger partial charge in [-0.05, 0) is 18.6 Å². The molecular formula is C10H12N2O2. The summed E-state index contributed by atoms with van der Waals surface area (Å²) in [5.74, 6) is 0. The summed E-state index contributed by atoms with van der Waals surface area (Å²) in [4.78, 5) is 17.0. The molecule has 0 radical (unpaired) electrons. The molecule has 1 saturated heterocycles. The summed E-state index contributed by atoms with van der Waals surface area (Å²) < 4.78 is 4.84. The zero-order valence-electron chi connectivity index (χ0n) is 8.06. The Balaban J connectivity index is 2.20. The van der Waals surface area contributed by atoms with Gasteiger partial charge in [-0.2, -0.15) is 0 Å². The summed E-state index contributed by atoms with van der Waals surface area (Å²) in [7, 11) is 0. The van der Waals surface area contributed by atoms with Crippen molar-refractivity contribution in [3.05, 3.63) is 24.0 Å². The van der Waals surface area contributed by atoms with Crippen LogP contribution >= 0.6 is 0 Å². The molecule has 14 heavy (non-hydrogen) atoms. The van der Waals surface area contributed by atoms with Crippen molar-refractivity contribution in [1.82, 2.24) is 4.98 Å². The maximum atomic E-state index is 11.2. The second kappa shape index (κ2) is 3.65. The molecule has 4 nitrogen and oxygen atoms in total. The third-order valence-electron chi connectivity index (χ3n) is 2.24. The summed E-state index contributed by atoms with van der Waals surface area (Å²) >= 11 is 0. The number of aromatic nitrogens is 1. The lowest BCUT2D eigenvalue weighted by atomic mass is 10.3. The second-order valence-electron chi connectivity index (χ2n) is 3.13. The topological polar surface area (TPSA) is 42.4 Å². The first-order chi connectivity index (χ1) is 6.81. The van der Waals surface area contributed by atoms with Crippen LogP contribution in [0.5, 0.6) is 0 Å². The van der Waals surface area contributed by atoms with Gasteiger partial charge in [-0.1, -0.05) is 6.92 Å². The van der Waals surface area contributed by atoms with Gasteiger partial charge in [-0.15, -0.1) is 0 Å². The van der Waals surface area contributed by atoms with Gasteiger partial charge in [0.1, 0.15) is 6.61 Å². The van der Waals surface area contributed by atoms with Crippen LogP contribution in [0, 0.1) is 0 Å². The number of hydrogen-bond donors (Lipinski definition) is 0. The highest BCUT2D eigenvalue weighted by atomic mass is 16.6. The van der Waals surface area contributed by atoms with Crippen LogP contribution in [0.15, 0.2) is 18.3 Å². The molecule has 2 rings (SSSR count). The Morgan fingerprint density at radius 1 is 1.57 bits per heavy atom. The van der Waals surface area contributed by atoms with Crippen LogP contribution in [0.3, 0.4) is 0 Å². The van der Waals surface area contributed by atoms with Crippen LogP contribution in [0.25, 0.3) is 0 Å². The Morgan fingerprint density at radius 2 is 2.43 bits per heavy atom. The van der Waals surface area contributed by atoms with Crippen molar-refractivity contribution < 1.29 is 9.53 Å². The van der Waals surface area contributed by atoms with E-state index < -0.39 is 0 Å². The first-order valence-electron chi connectivity index (χ1n) is 4.70. The van der Waals surface area contributed by atoms with E-state index >= 15 is 0 Å². The highest BCUT2D eigenvalue weighted by molar-refractivity contribution is 5.88. The highest BCUT2D eigenvalue weighted by Crippen LogP contribution is 2.17. The molecule has 1 amide bonds. The average Bonchev–Trinajstić information content (AvgIpc) is 2.65. The van der Waals surface area contributed by atoms with Crippen LogP contribution < -0.4 is 4.90 Å². The Labute approximate surface area is 82.5 Å². The van der Waals surface area contributed by atoms with E-state index in [-0.39, 0.29) is 6.09 Å². The predicted octanol–water partition coefficient (Wildman–Crippen LogP) is 1.60. The van der Waals surface area contributed by atoms with Crippen LogP contribution in [0.1, 0.15) is 12.6 Å². The number of hydrogen-bond acceptors (Lipinski definition) is 3. The van der Waals surface area contributed by atoms with Crippen molar-refractivity contribution in [2.24, 2.45) is 0 Å². The quantitative estimate of drug-likeness (QED) is 0.714. The molecule has 0 N–H and O–H groups in total. The smallest absolute Gasteiger partial charge is 0.414 e. The van der Waals surface area contributed by atoms with Gasteiger partial charge in [-0.25, -0.2) is 4.79 Å². The zero-order chi connectivity index (χ0) is 9.97. The first-order valence-corrected chi connectivity index (χ1v) is 4.70. The van der Waals surface area contributed by atoms with Gasteiger partial charge in [0.2, 0.25) is 0 Å². The van der Waals surface area contributed by atoms with E-state index in [4.69, 9.17) is 4.74 Å². The van der Waals surface area contributed by atoms with Crippen molar-refractivity contribution >= 4 is 11.8 Å². The molecule has 1 aromatic rings. The van der Waals surface area contributed by atoms with Gasteiger partial charge in [0.25, 0.3) is 0 Å². The van der Waals surface area contributed by atoms with Gasteiger partial charge in [0.05, 0.1) is 18.4 Å². The maximum absolute atomic E-state index is 11.2. The van der Waals surface area contributed by atoms with Gasteiger partial charge in [0.15, 0.2) is 0 Å². The number of nitrogens with zero attached hydrogens (tertiary/aromatic N) is 2. The van der Waals surface area contributed by atoms with Crippen molar-refractivity contribution in [3.63, 3.8) is 0 Å². The van der Waals surface area contributed by atoms with E-state index in [1.807, 2.05) is 19.1 Å². The Bertz CT molecular complexity index is 334. The van der Waals surface area contributed by atoms with Crippen molar-refractivity contribution in [3.8, 4) is 0 Å². The molecule has 0 saturated carbocycles. The van der Waals surface area contributed by atoms with E-state index in [1.54, 1.807) is 11.1 Å². The fraction of sp³-hybridized carbons (Fsp3) is 0.400. The average molecular weight is 192 g/mol. The third kappa shape index (κ3) is 1.55. The molecular weight excluding hydrogens is 180 g/mol. The normalized spacial score (nSPS) is 15.8. The van der Waals surface area contributed by atoms with Crippen molar-refractivity contribution in [2.75, 3.05) is 18.1 Å². The van der Waals surface area contributed by atoms with Crippen LogP contribution in [0.4, 0.5) is 10.5 Å². The van der Waals surface area contributed by atoms with Gasteiger partial charge in [-0.3, -0.25) is 9.88 Å². The number of anilines is 1. The molecule has 0 spiro atoms. The number of ether oxygens (including phenoxy) is 1. The maximum Gasteiger partial charge on any atom is 0.414 e. The molecule has 0 aromatic carbocycles. The molecule has 0 bridgehead atoms. The monoisotopic (exact) mass is 192 g/mol. The summed E-state index contributed by atoms with van der Waals surface area (Å²) in [5.41, 5.74) is 1.84. The molecule has 1 aliphatic rings. The molecule has 0 unspecified atom stereocenters. The molecule has 1 aliphatic heterocycles. The molecule has 0 aliphatic carbocycles. The van der Waals surface area contributed by atoms with Crippen molar-refractivity contribution in [2.45, 2.75) is 13.3 Å². The summed E-state index contributed by atoms with van der Waals surface area (Å²) in [6, 6.07) is 3.83. The lowest BCUT2D eigenvalue weighted by Gasteiger charge is -2.11. The largest absolute Gasteiger partial charge is 0.447 e. The Kier molecular flexibility index (Phi) is 2.35. The Hall–Kier alpha value is -1.58. The number of rotatable bonds is 2. The van der Waals surface area contributed by atoms with Gasteiger partial charge < -0.3 is 4.74 Å². The molecule has 1 fully saturated rings. The van der Waals surface area contributed by atoms with E-state index in [2.05, 4.69) is 4.98 Å². The lowest BCUT2D eigenvalue weighted by molar-refractivity contribution is 0.181. The van der Waals surface area contributed by atoms with Crippen LogP contribution in [-0.4, -0.2) is 24.2 Å². The minimum Gasteiger partial charge on any atom is -0.447 e. The number of amides is 1. The van der Waals surface area contributed by atoms with Crippen LogP contribution in [0.2, 0.25) is 0 Å². The van der Waals surface area contributed by atoms with Crippen LogP contribution in [-0.2, 0) is 11.2 Å². The number of carbonyl (C=O) groups is 1. The van der Waals surface area contributed by atoms with E-state index in [9.17, 15) is 4.79 Å². The fourth-order valence-electron chi connectivity index (χ4n) is 1.41. The summed E-state index contributed by atoms with van der Waals surface area (Å²) in [6.07, 6.45) is 2.34. The highest BCUT2D eigenvalue weighted by Gasteiger charge is 2.23. The minimum atomic E-state index is -0.281. The second-order valence-corrected chi connectivity index (χ2v) is 3.13. The molecule has 1 aromatic heterocycles. The standard InChI is InChI=1S/C10H12N2O2/c1-2-8-3-4-9(7-11-8)12-5-6-14-10(12)13/h3-4,7H,2,5-6H2,1H3. The molecule has 4 heteroatoms. The van der Waals surface area contributed by atoms with Crippen molar-refractivity contribution in [1.29, 1.82) is 0 Å². The number of aryl methyl sites for hydroxylation is 1. The third-order valence-corrected chi connectivity index (χ3v) is 2.24. The zero-order valence-corrected chi connectivity index (χ0v) is 8.06. The van der Waals surface area contributed by atoms with Gasteiger partial charge >= 0.3 is 6.09 Å². The summed E-state index contributed by atoms with van der Waals surface area (Å²) in [5, 5.41) is 0. The number of pyridine rings is 1. The van der Waals surface area contributed by atoms with Gasteiger partial charge in [0, 0.05) is 5.69 Å². The van der Waals surface area contributed by atoms with E-state index in [0.29, 0.717) is 13.2 Å². The number of cyclic esters (lactones) is 1. The summed E-state index contributed by atoms with van der Waals surface area (Å²) in [6.45, 7) is 3.13. The Morgan fingerprint density at radius 3 is 2.93 bits per heavy atom. The number of carbonyl (C=O) groups excluding carboxylic acids is 1. The van der Waals surface area contributed by atoms with E-state index in [0.717, 1.165) is 17.8 Å². The molecule has 2 heterocycles.